The number of benzene rings is 1. The number of aryl methyl sites for hydroxylation is 1. The molecule has 2 N–H and O–H groups in total. The first kappa shape index (κ1) is 12.5. The van der Waals surface area contributed by atoms with E-state index in [1.54, 1.807) is 0 Å². The molecular formula is C14H16N2O2S. The molecule has 2 aliphatic rings. The summed E-state index contributed by atoms with van der Waals surface area (Å²) in [6.07, 6.45) is 2.24. The Hall–Kier alpha value is -1.49. The van der Waals surface area contributed by atoms with Crippen molar-refractivity contribution in [3.8, 4) is 0 Å². The maximum Gasteiger partial charge on any atom is 0.243 e. The molecule has 19 heavy (non-hydrogen) atoms. The van der Waals surface area contributed by atoms with E-state index >= 15 is 0 Å². The Balaban J connectivity index is 1.78. The number of nitrogen functional groups attached to an aromatic ring is 1. The van der Waals surface area contributed by atoms with Crippen molar-refractivity contribution in [1.29, 1.82) is 0 Å². The third-order valence-electron chi connectivity index (χ3n) is 3.54. The third-order valence-corrected chi connectivity index (χ3v) is 4.88. The molecule has 1 atom stereocenters. The Morgan fingerprint density at radius 1 is 1.32 bits per heavy atom. The van der Waals surface area contributed by atoms with E-state index < -0.39 is 0 Å². The van der Waals surface area contributed by atoms with Crippen LogP contribution in [0.2, 0.25) is 0 Å². The second-order valence-corrected chi connectivity index (χ2v) is 6.41. The Morgan fingerprint density at radius 3 is 2.74 bits per heavy atom. The lowest BCUT2D eigenvalue weighted by atomic mass is 10.2. The molecule has 1 aromatic rings. The molecule has 0 bridgehead atoms. The summed E-state index contributed by atoms with van der Waals surface area (Å²) in [6.45, 7) is 1.99. The van der Waals surface area contributed by atoms with Crippen molar-refractivity contribution >= 4 is 29.3 Å². The van der Waals surface area contributed by atoms with Gasteiger partial charge in [-0.3, -0.25) is 14.5 Å². The third kappa shape index (κ3) is 2.34. The van der Waals surface area contributed by atoms with E-state index in [9.17, 15) is 9.59 Å². The van der Waals surface area contributed by atoms with Crippen molar-refractivity contribution in [3.05, 3.63) is 23.8 Å². The fraction of sp³-hybridized carbons (Fsp3) is 0.429. The smallest absolute Gasteiger partial charge is 0.243 e. The SMILES string of the molecule is Cc1ccc(N)cc1SC1CC(=O)N(C2CC2)C1=O. The van der Waals surface area contributed by atoms with E-state index in [-0.39, 0.29) is 23.1 Å². The summed E-state index contributed by atoms with van der Waals surface area (Å²) >= 11 is 1.46. The summed E-state index contributed by atoms with van der Waals surface area (Å²) in [4.78, 5) is 26.6. The zero-order valence-corrected chi connectivity index (χ0v) is 11.6. The minimum Gasteiger partial charge on any atom is -0.399 e. The average Bonchev–Trinajstić information content (AvgIpc) is 3.13. The van der Waals surface area contributed by atoms with E-state index in [2.05, 4.69) is 0 Å². The van der Waals surface area contributed by atoms with Gasteiger partial charge in [0.2, 0.25) is 11.8 Å². The van der Waals surface area contributed by atoms with Crippen LogP contribution >= 0.6 is 11.8 Å². The van der Waals surface area contributed by atoms with E-state index in [4.69, 9.17) is 5.73 Å². The number of likely N-dealkylation sites (tertiary alicyclic amines) is 1. The summed E-state index contributed by atoms with van der Waals surface area (Å²) in [5.41, 5.74) is 7.55. The predicted octanol–water partition coefficient (Wildman–Crippen LogP) is 1.96. The van der Waals surface area contributed by atoms with Crippen molar-refractivity contribution in [1.82, 2.24) is 4.90 Å². The fourth-order valence-corrected chi connectivity index (χ4v) is 3.53. The summed E-state index contributed by atoms with van der Waals surface area (Å²) in [5.74, 6) is -0.0501. The minimum atomic E-state index is -0.284. The van der Waals surface area contributed by atoms with Crippen molar-refractivity contribution in [2.75, 3.05) is 5.73 Å². The van der Waals surface area contributed by atoms with Crippen LogP contribution < -0.4 is 5.73 Å². The van der Waals surface area contributed by atoms with Crippen LogP contribution in [0.1, 0.15) is 24.8 Å². The minimum absolute atomic E-state index is 0.0217. The van der Waals surface area contributed by atoms with Crippen molar-refractivity contribution in [3.63, 3.8) is 0 Å². The van der Waals surface area contributed by atoms with Crippen LogP contribution in [0.3, 0.4) is 0 Å². The lowest BCUT2D eigenvalue weighted by Crippen LogP contribution is -2.33. The number of carbonyl (C=O) groups excluding carboxylic acids is 2. The fourth-order valence-electron chi connectivity index (χ4n) is 2.33. The second-order valence-electron chi connectivity index (χ2n) is 5.17. The zero-order chi connectivity index (χ0) is 13.6. The molecule has 4 nitrogen and oxygen atoms in total. The molecule has 1 saturated carbocycles. The number of nitrogens with zero attached hydrogens (tertiary/aromatic N) is 1. The summed E-state index contributed by atoms with van der Waals surface area (Å²) in [5, 5.41) is -0.284. The molecule has 2 amide bonds. The zero-order valence-electron chi connectivity index (χ0n) is 10.8. The molecule has 1 unspecified atom stereocenters. The lowest BCUT2D eigenvalue weighted by Gasteiger charge is -2.14. The van der Waals surface area contributed by atoms with Crippen LogP contribution in [-0.4, -0.2) is 28.0 Å². The van der Waals surface area contributed by atoms with Gasteiger partial charge in [-0.25, -0.2) is 0 Å². The Kier molecular flexibility index (Phi) is 3.01. The van der Waals surface area contributed by atoms with Gasteiger partial charge < -0.3 is 5.73 Å². The number of rotatable bonds is 3. The molecule has 1 aliphatic heterocycles. The van der Waals surface area contributed by atoms with E-state index in [0.29, 0.717) is 12.1 Å². The van der Waals surface area contributed by atoms with E-state index in [1.807, 2.05) is 25.1 Å². The normalized spacial score (nSPS) is 23.2. The molecule has 1 saturated heterocycles. The number of thioether (sulfide) groups is 1. The number of nitrogens with two attached hydrogens (primary N) is 1. The Labute approximate surface area is 116 Å². The highest BCUT2D eigenvalue weighted by Gasteiger charge is 2.46. The first-order chi connectivity index (χ1) is 9.06. The van der Waals surface area contributed by atoms with Gasteiger partial charge in [-0.05, 0) is 37.5 Å². The predicted molar refractivity (Wildman–Crippen MR) is 74.7 cm³/mol. The molecule has 1 heterocycles. The van der Waals surface area contributed by atoms with Gasteiger partial charge in [-0.15, -0.1) is 11.8 Å². The molecule has 1 aromatic carbocycles. The molecule has 0 spiro atoms. The van der Waals surface area contributed by atoms with Crippen LogP contribution in [0.25, 0.3) is 0 Å². The van der Waals surface area contributed by atoms with Gasteiger partial charge in [0.15, 0.2) is 0 Å². The number of hydrogen-bond donors (Lipinski definition) is 1. The summed E-state index contributed by atoms with van der Waals surface area (Å²) in [6, 6.07) is 5.83. The van der Waals surface area contributed by atoms with Gasteiger partial charge in [0, 0.05) is 23.0 Å². The monoisotopic (exact) mass is 276 g/mol. The van der Waals surface area contributed by atoms with Crippen molar-refractivity contribution in [2.24, 2.45) is 0 Å². The molecule has 0 radical (unpaired) electrons. The van der Waals surface area contributed by atoms with Crippen LogP contribution in [0.15, 0.2) is 23.1 Å². The number of hydrogen-bond acceptors (Lipinski definition) is 4. The Bertz CT molecular complexity index is 554. The molecule has 3 rings (SSSR count). The Morgan fingerprint density at radius 2 is 2.05 bits per heavy atom. The maximum absolute atomic E-state index is 12.3. The average molecular weight is 276 g/mol. The van der Waals surface area contributed by atoms with E-state index in [1.165, 1.54) is 16.7 Å². The quantitative estimate of drug-likeness (QED) is 0.677. The van der Waals surface area contributed by atoms with Gasteiger partial charge in [-0.1, -0.05) is 6.07 Å². The van der Waals surface area contributed by atoms with Gasteiger partial charge in [0.25, 0.3) is 0 Å². The summed E-state index contributed by atoms with van der Waals surface area (Å²) < 4.78 is 0. The van der Waals surface area contributed by atoms with E-state index in [0.717, 1.165) is 23.3 Å². The van der Waals surface area contributed by atoms with Gasteiger partial charge in [-0.2, -0.15) is 0 Å². The van der Waals surface area contributed by atoms with Crippen molar-refractivity contribution in [2.45, 2.75) is 42.4 Å². The van der Waals surface area contributed by atoms with Crippen LogP contribution in [0, 0.1) is 6.92 Å². The van der Waals surface area contributed by atoms with Crippen LogP contribution in [0.4, 0.5) is 5.69 Å². The second kappa shape index (κ2) is 4.56. The van der Waals surface area contributed by atoms with Crippen molar-refractivity contribution < 1.29 is 9.59 Å². The highest BCUT2D eigenvalue weighted by Crippen LogP contribution is 2.38. The van der Waals surface area contributed by atoms with Gasteiger partial charge >= 0.3 is 0 Å². The molecule has 2 fully saturated rings. The lowest BCUT2D eigenvalue weighted by molar-refractivity contribution is -0.138. The molecule has 0 aromatic heterocycles. The molecular weight excluding hydrogens is 260 g/mol. The summed E-state index contributed by atoms with van der Waals surface area (Å²) in [7, 11) is 0. The maximum atomic E-state index is 12.3. The number of amides is 2. The number of carbonyl (C=O) groups is 2. The van der Waals surface area contributed by atoms with Crippen LogP contribution in [0.5, 0.6) is 0 Å². The molecule has 100 valence electrons. The number of imide groups is 1. The standard InChI is InChI=1S/C14H16N2O2S/c1-8-2-3-9(15)6-11(8)19-12-7-13(17)16(14(12)18)10-4-5-10/h2-3,6,10,12H,4-5,7,15H2,1H3. The highest BCUT2D eigenvalue weighted by molar-refractivity contribution is 8.00. The first-order valence-electron chi connectivity index (χ1n) is 6.45. The first-order valence-corrected chi connectivity index (χ1v) is 7.33. The topological polar surface area (TPSA) is 63.4 Å². The van der Waals surface area contributed by atoms with Gasteiger partial charge in [0.05, 0.1) is 5.25 Å². The molecule has 5 heteroatoms. The van der Waals surface area contributed by atoms with Crippen LogP contribution in [-0.2, 0) is 9.59 Å². The van der Waals surface area contributed by atoms with Gasteiger partial charge in [0.1, 0.15) is 0 Å². The largest absolute Gasteiger partial charge is 0.399 e. The number of anilines is 1. The highest BCUT2D eigenvalue weighted by atomic mass is 32.2. The molecule has 1 aliphatic carbocycles.